The second kappa shape index (κ2) is 32.1. The van der Waals surface area contributed by atoms with Crippen molar-refractivity contribution in [3.8, 4) is 0 Å². The molecule has 2 atom stereocenters. The number of amides is 2. The number of carbonyl (C=O) groups is 3. The molecule has 0 radical (unpaired) electrons. The maximum Gasteiger partial charge on any atom is 0.326 e. The van der Waals surface area contributed by atoms with E-state index in [1.165, 1.54) is 109 Å². The van der Waals surface area contributed by atoms with Gasteiger partial charge in [0.25, 0.3) is 0 Å². The van der Waals surface area contributed by atoms with Crippen molar-refractivity contribution >= 4 is 29.5 Å². The van der Waals surface area contributed by atoms with E-state index in [-0.39, 0.29) is 5.91 Å². The van der Waals surface area contributed by atoms with E-state index in [2.05, 4.69) is 24.5 Å². The van der Waals surface area contributed by atoms with Crippen molar-refractivity contribution in [3.05, 3.63) is 0 Å². The van der Waals surface area contributed by atoms with Gasteiger partial charge in [0.05, 0.1) is 0 Å². The van der Waals surface area contributed by atoms with Crippen LogP contribution in [0.1, 0.15) is 174 Å². The van der Waals surface area contributed by atoms with Gasteiger partial charge in [-0.1, -0.05) is 136 Å². The summed E-state index contributed by atoms with van der Waals surface area (Å²) in [7, 11) is 0. The minimum atomic E-state index is -1.05. The van der Waals surface area contributed by atoms with Crippen molar-refractivity contribution in [2.75, 3.05) is 18.1 Å². The van der Waals surface area contributed by atoms with Crippen LogP contribution in [0.2, 0.25) is 0 Å². The lowest BCUT2D eigenvalue weighted by Gasteiger charge is -2.21. The molecule has 0 saturated carbocycles. The van der Waals surface area contributed by atoms with E-state index in [0.717, 1.165) is 31.4 Å². The highest BCUT2D eigenvalue weighted by atomic mass is 32.2. The highest BCUT2D eigenvalue weighted by molar-refractivity contribution is 7.99. The van der Waals surface area contributed by atoms with Gasteiger partial charge in [0.15, 0.2) is 0 Å². The molecular formula is C35H69N3O4S. The molecule has 0 fully saturated rings. The molecule has 0 aliphatic rings. The summed E-state index contributed by atoms with van der Waals surface area (Å²) in [6, 6.07) is -1.68. The zero-order valence-corrected chi connectivity index (χ0v) is 28.9. The lowest BCUT2D eigenvalue weighted by molar-refractivity contribution is -0.142. The second-order valence-electron chi connectivity index (χ2n) is 12.3. The van der Waals surface area contributed by atoms with E-state index in [0.29, 0.717) is 38.0 Å². The van der Waals surface area contributed by atoms with E-state index in [9.17, 15) is 19.5 Å². The number of rotatable bonds is 33. The maximum absolute atomic E-state index is 13.1. The topological polar surface area (TPSA) is 122 Å². The molecule has 0 bridgehead atoms. The Morgan fingerprint density at radius 3 is 1.53 bits per heavy atom. The van der Waals surface area contributed by atoms with Crippen LogP contribution in [0.3, 0.4) is 0 Å². The van der Waals surface area contributed by atoms with E-state index >= 15 is 0 Å². The minimum absolute atomic E-state index is 0.120. The molecule has 0 unspecified atom stereocenters. The molecule has 0 spiro atoms. The van der Waals surface area contributed by atoms with Crippen LogP contribution in [0, 0.1) is 0 Å². The first-order valence-corrected chi connectivity index (χ1v) is 19.2. The summed E-state index contributed by atoms with van der Waals surface area (Å²) in [5.41, 5.74) is 5.54. The Hall–Kier alpha value is -1.28. The van der Waals surface area contributed by atoms with Crippen LogP contribution in [0.5, 0.6) is 0 Å². The van der Waals surface area contributed by atoms with Gasteiger partial charge in [-0.15, -0.1) is 0 Å². The number of carboxylic acid groups (broad SMARTS) is 1. The zero-order chi connectivity index (χ0) is 31.8. The summed E-state index contributed by atoms with van der Waals surface area (Å²) >= 11 is 1.67. The van der Waals surface area contributed by atoms with Crippen molar-refractivity contribution in [2.24, 2.45) is 5.73 Å². The van der Waals surface area contributed by atoms with Gasteiger partial charge in [-0.05, 0) is 44.4 Å². The Balaban J connectivity index is 4.42. The quantitative estimate of drug-likeness (QED) is 0.0541. The van der Waals surface area contributed by atoms with Gasteiger partial charge < -0.3 is 21.5 Å². The Kier molecular flexibility index (Phi) is 31.2. The maximum atomic E-state index is 13.1. The second-order valence-corrected chi connectivity index (χ2v) is 13.5. The van der Waals surface area contributed by atoms with Gasteiger partial charge in [-0.2, -0.15) is 11.8 Å². The number of unbranched alkanes of at least 4 members (excludes halogenated alkanes) is 20. The number of carboxylic acids is 1. The summed E-state index contributed by atoms with van der Waals surface area (Å²) in [5, 5.41) is 15.2. The number of carbonyl (C=O) groups excluding carboxylic acids is 2. The molecule has 0 aliphatic heterocycles. The van der Waals surface area contributed by atoms with Crippen molar-refractivity contribution in [3.63, 3.8) is 0 Å². The SMILES string of the molecule is CCCCCCCCCCCCCCCC(=O)N[C@H](CSCCCCCCCCCC)C(=O)N[C@@H](CCCCN)C(=O)O. The average Bonchev–Trinajstić information content (AvgIpc) is 2.99. The van der Waals surface area contributed by atoms with Crippen LogP contribution >= 0.6 is 11.8 Å². The molecule has 0 aromatic heterocycles. The molecule has 0 heterocycles. The number of thioether (sulfide) groups is 1. The first-order chi connectivity index (χ1) is 21.0. The number of aliphatic carboxylic acids is 1. The standard InChI is InChI=1S/C35H69N3O4S/c1-3-5-7-9-11-13-14-15-16-17-18-20-22-27-33(39)37-32(30-43-29-25-21-19-12-10-8-6-4-2)34(40)38-31(35(41)42)26-23-24-28-36/h31-32H,3-30,36H2,1-2H3,(H,37,39)(H,38,40)(H,41,42)/t31-,32+/m0/s1. The number of hydrogen-bond acceptors (Lipinski definition) is 5. The predicted molar refractivity (Wildman–Crippen MR) is 185 cm³/mol. The van der Waals surface area contributed by atoms with E-state index in [1.807, 2.05) is 0 Å². The summed E-state index contributed by atoms with van der Waals surface area (Å²) in [4.78, 5) is 37.5. The number of hydrogen-bond donors (Lipinski definition) is 4. The van der Waals surface area contributed by atoms with E-state index in [4.69, 9.17) is 5.73 Å². The first kappa shape index (κ1) is 41.7. The molecule has 5 N–H and O–H groups in total. The van der Waals surface area contributed by atoms with Gasteiger partial charge in [-0.25, -0.2) is 4.79 Å². The van der Waals surface area contributed by atoms with Gasteiger partial charge >= 0.3 is 5.97 Å². The lowest BCUT2D eigenvalue weighted by atomic mass is 10.0. The summed E-state index contributed by atoms with van der Waals surface area (Å²) in [6.45, 7) is 4.98. The highest BCUT2D eigenvalue weighted by Crippen LogP contribution is 2.15. The molecule has 0 saturated heterocycles. The van der Waals surface area contributed by atoms with Crippen molar-refractivity contribution in [2.45, 2.75) is 186 Å². The Morgan fingerprint density at radius 2 is 1.07 bits per heavy atom. The fourth-order valence-electron chi connectivity index (χ4n) is 5.31. The van der Waals surface area contributed by atoms with Crippen LogP contribution in [0.4, 0.5) is 0 Å². The van der Waals surface area contributed by atoms with Gasteiger partial charge in [-0.3, -0.25) is 9.59 Å². The van der Waals surface area contributed by atoms with E-state index in [1.54, 1.807) is 11.8 Å². The summed E-state index contributed by atoms with van der Waals surface area (Å²) < 4.78 is 0. The van der Waals surface area contributed by atoms with Gasteiger partial charge in [0.1, 0.15) is 12.1 Å². The smallest absolute Gasteiger partial charge is 0.326 e. The Bertz CT molecular complexity index is 665. The van der Waals surface area contributed by atoms with Crippen LogP contribution < -0.4 is 16.4 Å². The van der Waals surface area contributed by atoms with Crippen LogP contribution in [-0.2, 0) is 14.4 Å². The Morgan fingerprint density at radius 1 is 0.605 bits per heavy atom. The molecule has 254 valence electrons. The average molecular weight is 628 g/mol. The van der Waals surface area contributed by atoms with Crippen LogP contribution in [-0.4, -0.2) is 53.0 Å². The summed E-state index contributed by atoms with van der Waals surface area (Å²) in [5.74, 6) is -0.170. The molecule has 7 nitrogen and oxygen atoms in total. The monoisotopic (exact) mass is 628 g/mol. The Labute approximate surface area is 269 Å². The van der Waals surface area contributed by atoms with Crippen LogP contribution in [0.15, 0.2) is 0 Å². The first-order valence-electron chi connectivity index (χ1n) is 18.1. The molecule has 2 amide bonds. The fourth-order valence-corrected chi connectivity index (χ4v) is 6.36. The molecule has 0 aromatic rings. The minimum Gasteiger partial charge on any atom is -0.480 e. The largest absolute Gasteiger partial charge is 0.480 e. The predicted octanol–water partition coefficient (Wildman–Crippen LogP) is 8.52. The van der Waals surface area contributed by atoms with Gasteiger partial charge in [0.2, 0.25) is 11.8 Å². The van der Waals surface area contributed by atoms with Crippen molar-refractivity contribution in [1.82, 2.24) is 10.6 Å². The number of nitrogens with two attached hydrogens (primary N) is 1. The van der Waals surface area contributed by atoms with Crippen molar-refractivity contribution < 1.29 is 19.5 Å². The van der Waals surface area contributed by atoms with E-state index < -0.39 is 24.0 Å². The third kappa shape index (κ3) is 28.0. The van der Waals surface area contributed by atoms with Crippen molar-refractivity contribution in [1.29, 1.82) is 0 Å². The molecule has 0 aliphatic carbocycles. The molecule has 0 rings (SSSR count). The number of nitrogens with one attached hydrogen (secondary N) is 2. The normalized spacial score (nSPS) is 12.6. The molecule has 43 heavy (non-hydrogen) atoms. The lowest BCUT2D eigenvalue weighted by Crippen LogP contribution is -2.52. The fraction of sp³-hybridized carbons (Fsp3) is 0.914. The third-order valence-electron chi connectivity index (χ3n) is 8.15. The molecule has 8 heteroatoms. The van der Waals surface area contributed by atoms with Gasteiger partial charge in [0, 0.05) is 12.2 Å². The zero-order valence-electron chi connectivity index (χ0n) is 28.1. The third-order valence-corrected chi connectivity index (χ3v) is 9.29. The summed E-state index contributed by atoms with van der Waals surface area (Å²) in [6.07, 6.45) is 28.4. The molecular weight excluding hydrogens is 558 g/mol. The van der Waals surface area contributed by atoms with Crippen LogP contribution in [0.25, 0.3) is 0 Å². The molecule has 0 aromatic carbocycles. The highest BCUT2D eigenvalue weighted by Gasteiger charge is 2.26.